The predicted octanol–water partition coefficient (Wildman–Crippen LogP) is 3.30. The lowest BCUT2D eigenvalue weighted by atomic mass is 10.0. The Bertz CT molecular complexity index is 1020. The van der Waals surface area contributed by atoms with Crippen LogP contribution >= 0.6 is 0 Å². The first-order chi connectivity index (χ1) is 12.7. The largest absolute Gasteiger partial charge is 0.495 e. The summed E-state index contributed by atoms with van der Waals surface area (Å²) in [5.41, 5.74) is 5.11. The third-order valence-electron chi connectivity index (χ3n) is 4.62. The van der Waals surface area contributed by atoms with Crippen molar-refractivity contribution in [3.63, 3.8) is 0 Å². The Balaban J connectivity index is 1.88. The van der Waals surface area contributed by atoms with Gasteiger partial charge in [-0.05, 0) is 55.3 Å². The molecule has 134 valence electrons. The summed E-state index contributed by atoms with van der Waals surface area (Å²) in [6.07, 6.45) is 6.88. The Morgan fingerprint density at radius 1 is 1.31 bits per heavy atom. The number of hydrogen-bond acceptors (Lipinski definition) is 4. The van der Waals surface area contributed by atoms with Gasteiger partial charge in [-0.2, -0.15) is 0 Å². The topological polar surface area (TPSA) is 56.1 Å². The first-order valence-electron chi connectivity index (χ1n) is 8.62. The molecule has 3 heterocycles. The van der Waals surface area contributed by atoms with E-state index in [2.05, 4.69) is 16.4 Å². The van der Waals surface area contributed by atoms with Crippen molar-refractivity contribution in [1.82, 2.24) is 14.3 Å². The van der Waals surface area contributed by atoms with E-state index < -0.39 is 11.0 Å². The Hall–Kier alpha value is -2.44. The van der Waals surface area contributed by atoms with Gasteiger partial charge in [0.15, 0.2) is 11.0 Å². The minimum Gasteiger partial charge on any atom is -0.495 e. The molecule has 0 radical (unpaired) electrons. The molecule has 0 spiro atoms. The highest BCUT2D eigenvalue weighted by atomic mass is 32.2. The summed E-state index contributed by atoms with van der Waals surface area (Å²) in [6, 6.07) is 9.58. The predicted molar refractivity (Wildman–Crippen MR) is 105 cm³/mol. The summed E-state index contributed by atoms with van der Waals surface area (Å²) >= 11 is 0. The zero-order valence-electron chi connectivity index (χ0n) is 14.9. The normalized spacial score (nSPS) is 15.7. The monoisotopic (exact) mass is 367 g/mol. The highest BCUT2D eigenvalue weighted by Gasteiger charge is 2.20. The maximum absolute atomic E-state index is 13.4. The van der Waals surface area contributed by atoms with Crippen molar-refractivity contribution in [2.75, 3.05) is 20.2 Å². The molecule has 1 aliphatic heterocycles. The molecule has 0 bridgehead atoms. The summed E-state index contributed by atoms with van der Waals surface area (Å²) < 4.78 is 20.7. The second kappa shape index (κ2) is 7.05. The molecular formula is C20H21N3O2S. The number of methoxy groups -OCH3 is 1. The zero-order chi connectivity index (χ0) is 18.1. The minimum absolute atomic E-state index is 0.627. The van der Waals surface area contributed by atoms with Crippen molar-refractivity contribution >= 4 is 27.6 Å². The number of aryl methyl sites for hydroxylation is 1. The summed E-state index contributed by atoms with van der Waals surface area (Å²) in [7, 11) is 0.185. The maximum Gasteiger partial charge on any atom is 0.160 e. The molecule has 1 unspecified atom stereocenters. The van der Waals surface area contributed by atoms with Crippen molar-refractivity contribution in [3.05, 3.63) is 59.9 Å². The van der Waals surface area contributed by atoms with E-state index in [4.69, 9.17) is 4.74 Å². The zero-order valence-corrected chi connectivity index (χ0v) is 15.7. The van der Waals surface area contributed by atoms with Gasteiger partial charge in [0.2, 0.25) is 0 Å². The minimum atomic E-state index is -1.42. The van der Waals surface area contributed by atoms with E-state index in [0.29, 0.717) is 10.6 Å². The van der Waals surface area contributed by atoms with Crippen LogP contribution in [0.2, 0.25) is 0 Å². The van der Waals surface area contributed by atoms with Crippen molar-refractivity contribution in [2.24, 2.45) is 0 Å². The molecule has 0 saturated carbocycles. The van der Waals surface area contributed by atoms with E-state index in [1.165, 1.54) is 5.57 Å². The molecule has 0 amide bonds. The first-order valence-corrected chi connectivity index (χ1v) is 9.73. The van der Waals surface area contributed by atoms with Crippen molar-refractivity contribution in [1.29, 1.82) is 0 Å². The number of nitrogens with zero attached hydrogens (tertiary/aromatic N) is 2. The summed E-state index contributed by atoms with van der Waals surface area (Å²) in [5.74, 6) is 0.627. The van der Waals surface area contributed by atoms with Gasteiger partial charge in [0.05, 0.1) is 18.1 Å². The van der Waals surface area contributed by atoms with Crippen molar-refractivity contribution < 1.29 is 8.95 Å². The van der Waals surface area contributed by atoms with E-state index in [0.717, 1.165) is 41.7 Å². The van der Waals surface area contributed by atoms with Gasteiger partial charge in [-0.1, -0.05) is 12.1 Å². The fourth-order valence-electron chi connectivity index (χ4n) is 3.30. The molecule has 0 saturated heterocycles. The smallest absolute Gasteiger partial charge is 0.160 e. The number of hydrogen-bond donors (Lipinski definition) is 1. The van der Waals surface area contributed by atoms with Crippen LogP contribution in [0, 0.1) is 6.92 Å². The average molecular weight is 367 g/mol. The van der Waals surface area contributed by atoms with Gasteiger partial charge in [0.25, 0.3) is 0 Å². The van der Waals surface area contributed by atoms with Crippen LogP contribution in [0.1, 0.15) is 17.5 Å². The quantitative estimate of drug-likeness (QED) is 0.769. The van der Waals surface area contributed by atoms with E-state index in [-0.39, 0.29) is 0 Å². The molecular weight excluding hydrogens is 346 g/mol. The lowest BCUT2D eigenvalue weighted by molar-refractivity contribution is 0.403. The van der Waals surface area contributed by atoms with Gasteiger partial charge in [0, 0.05) is 24.5 Å². The third-order valence-corrected chi connectivity index (χ3v) is 5.98. The molecule has 5 nitrogen and oxygen atoms in total. The first kappa shape index (κ1) is 17.0. The molecule has 3 aromatic rings. The fraction of sp³-hybridized carbons (Fsp3) is 0.250. The van der Waals surface area contributed by atoms with Crippen LogP contribution < -0.4 is 10.1 Å². The van der Waals surface area contributed by atoms with Crippen molar-refractivity contribution in [2.45, 2.75) is 18.2 Å². The van der Waals surface area contributed by atoms with Gasteiger partial charge in [-0.25, -0.2) is 4.21 Å². The Morgan fingerprint density at radius 3 is 2.96 bits per heavy atom. The lowest BCUT2D eigenvalue weighted by Crippen LogP contribution is -2.20. The van der Waals surface area contributed by atoms with Crippen LogP contribution in [-0.4, -0.2) is 33.4 Å². The molecule has 1 N–H and O–H groups in total. The number of pyridine rings is 1. The summed E-state index contributed by atoms with van der Waals surface area (Å²) in [6.45, 7) is 3.78. The van der Waals surface area contributed by atoms with Crippen LogP contribution in [0.15, 0.2) is 53.7 Å². The molecule has 1 aromatic carbocycles. The van der Waals surface area contributed by atoms with Crippen LogP contribution in [0.25, 0.3) is 16.6 Å². The SMILES string of the molecule is COc1ccc(C)cc1S(=O)n1cc(C2=CCNCC2)c2ncccc21. The maximum atomic E-state index is 13.4. The van der Waals surface area contributed by atoms with Gasteiger partial charge < -0.3 is 10.1 Å². The highest BCUT2D eigenvalue weighted by Crippen LogP contribution is 2.32. The number of rotatable bonds is 4. The van der Waals surface area contributed by atoms with E-state index in [9.17, 15) is 4.21 Å². The number of fused-ring (bicyclic) bond motifs is 1. The van der Waals surface area contributed by atoms with E-state index in [1.807, 2.05) is 43.5 Å². The second-order valence-corrected chi connectivity index (χ2v) is 7.66. The highest BCUT2D eigenvalue weighted by molar-refractivity contribution is 7.83. The molecule has 0 fully saturated rings. The number of ether oxygens (including phenoxy) is 1. The van der Waals surface area contributed by atoms with Crippen LogP contribution in [0.5, 0.6) is 5.75 Å². The number of benzene rings is 1. The molecule has 6 heteroatoms. The molecule has 0 aliphatic carbocycles. The van der Waals surface area contributed by atoms with Crippen LogP contribution in [0.4, 0.5) is 0 Å². The lowest BCUT2D eigenvalue weighted by Gasteiger charge is -2.13. The Kier molecular flexibility index (Phi) is 4.61. The number of aromatic nitrogens is 2. The second-order valence-electron chi connectivity index (χ2n) is 6.33. The molecule has 26 heavy (non-hydrogen) atoms. The van der Waals surface area contributed by atoms with Gasteiger partial charge in [0.1, 0.15) is 10.6 Å². The van der Waals surface area contributed by atoms with E-state index in [1.54, 1.807) is 17.3 Å². The van der Waals surface area contributed by atoms with Gasteiger partial charge in [-0.15, -0.1) is 0 Å². The molecule has 1 atom stereocenters. The Labute approximate surface area is 155 Å². The van der Waals surface area contributed by atoms with Crippen LogP contribution in [-0.2, 0) is 11.0 Å². The fourth-order valence-corrected chi connectivity index (χ4v) is 4.65. The standard InChI is InChI=1S/C20H21N3O2S/c1-14-5-6-18(25-2)19(12-14)26(24)23-13-16(15-7-10-21-11-8-15)20-17(23)4-3-9-22-20/h3-7,9,12-13,21H,8,10-11H2,1-2H3. The van der Waals surface area contributed by atoms with E-state index >= 15 is 0 Å². The van der Waals surface area contributed by atoms with Gasteiger partial charge in [-0.3, -0.25) is 8.96 Å². The summed E-state index contributed by atoms with van der Waals surface area (Å²) in [4.78, 5) is 5.23. The van der Waals surface area contributed by atoms with Gasteiger partial charge >= 0.3 is 0 Å². The summed E-state index contributed by atoms with van der Waals surface area (Å²) in [5, 5.41) is 3.33. The van der Waals surface area contributed by atoms with Crippen LogP contribution in [0.3, 0.4) is 0 Å². The Morgan fingerprint density at radius 2 is 2.19 bits per heavy atom. The molecule has 1 aliphatic rings. The number of nitrogens with one attached hydrogen (secondary N) is 1. The molecule has 4 rings (SSSR count). The molecule has 2 aromatic heterocycles. The van der Waals surface area contributed by atoms with Crippen molar-refractivity contribution in [3.8, 4) is 5.75 Å². The average Bonchev–Trinajstić information content (AvgIpc) is 3.08. The third kappa shape index (κ3) is 2.95.